The van der Waals surface area contributed by atoms with E-state index in [0.717, 1.165) is 6.54 Å². The molecule has 0 atom stereocenters. The number of aromatic nitrogens is 6. The SMILES string of the molecule is CN(C)CCNc1cc(F)cc(-c2nccc3[nH]c(-c4n[nH]c5ccc(-c6cncc(CN7CCC(F)(F)C7)c6)c(F)c45)nc23)c1. The lowest BCUT2D eigenvalue weighted by atomic mass is 10.0. The van der Waals surface area contributed by atoms with Gasteiger partial charge in [0.1, 0.15) is 22.8 Å². The number of fused-ring (bicyclic) bond motifs is 2. The Kier molecular flexibility index (Phi) is 7.65. The van der Waals surface area contributed by atoms with Gasteiger partial charge in [0, 0.05) is 73.6 Å². The van der Waals surface area contributed by atoms with Crippen molar-refractivity contribution in [1.29, 1.82) is 0 Å². The Morgan fingerprint density at radius 1 is 1.00 bits per heavy atom. The highest BCUT2D eigenvalue weighted by Gasteiger charge is 2.38. The van der Waals surface area contributed by atoms with E-state index in [2.05, 4.69) is 30.5 Å². The third-order valence-electron chi connectivity index (χ3n) is 8.11. The van der Waals surface area contributed by atoms with Crippen LogP contribution in [0.15, 0.2) is 61.1 Å². The number of benzene rings is 2. The number of likely N-dealkylation sites (N-methyl/N-ethyl adjacent to an activating group) is 1. The summed E-state index contributed by atoms with van der Waals surface area (Å²) in [6.07, 6.45) is 4.59. The number of imidazole rings is 1. The molecule has 9 nitrogen and oxygen atoms in total. The summed E-state index contributed by atoms with van der Waals surface area (Å²) >= 11 is 0. The second-order valence-electron chi connectivity index (χ2n) is 11.9. The number of H-pyrrole nitrogens is 2. The molecule has 0 spiro atoms. The molecule has 46 heavy (non-hydrogen) atoms. The monoisotopic (exact) mass is 629 g/mol. The smallest absolute Gasteiger partial charge is 0.261 e. The van der Waals surface area contributed by atoms with E-state index in [1.54, 1.807) is 47.8 Å². The van der Waals surface area contributed by atoms with Gasteiger partial charge in [-0.2, -0.15) is 5.10 Å². The topological polar surface area (TPSA) is 102 Å². The quantitative estimate of drug-likeness (QED) is 0.161. The minimum Gasteiger partial charge on any atom is -0.384 e. The molecule has 5 heterocycles. The van der Waals surface area contributed by atoms with Crippen LogP contribution >= 0.6 is 0 Å². The number of nitrogens with one attached hydrogen (secondary N) is 3. The first-order chi connectivity index (χ1) is 22.1. The van der Waals surface area contributed by atoms with Crippen molar-refractivity contribution in [1.82, 2.24) is 39.9 Å². The summed E-state index contributed by atoms with van der Waals surface area (Å²) in [6, 6.07) is 11.5. The van der Waals surface area contributed by atoms with E-state index in [1.165, 1.54) is 12.1 Å². The first kappa shape index (κ1) is 29.8. The summed E-state index contributed by atoms with van der Waals surface area (Å²) in [6.45, 7) is 1.70. The predicted octanol–water partition coefficient (Wildman–Crippen LogP) is 6.32. The second-order valence-corrected chi connectivity index (χ2v) is 11.9. The number of aromatic amines is 2. The van der Waals surface area contributed by atoms with Crippen LogP contribution in [-0.4, -0.2) is 86.1 Å². The van der Waals surface area contributed by atoms with Crippen molar-refractivity contribution in [3.8, 4) is 33.9 Å². The van der Waals surface area contributed by atoms with Crippen molar-refractivity contribution >= 4 is 27.6 Å². The summed E-state index contributed by atoms with van der Waals surface area (Å²) in [4.78, 5) is 20.5. The van der Waals surface area contributed by atoms with E-state index in [9.17, 15) is 13.2 Å². The Morgan fingerprint density at radius 2 is 1.87 bits per heavy atom. The fourth-order valence-electron chi connectivity index (χ4n) is 5.90. The van der Waals surface area contributed by atoms with E-state index < -0.39 is 17.6 Å². The zero-order chi connectivity index (χ0) is 32.0. The number of anilines is 1. The molecule has 13 heteroatoms. The Hall–Kier alpha value is -4.88. The Labute approximate surface area is 261 Å². The van der Waals surface area contributed by atoms with Gasteiger partial charge in [0.2, 0.25) is 0 Å². The number of nitrogens with zero attached hydrogens (tertiary/aromatic N) is 6. The minimum atomic E-state index is -2.70. The van der Waals surface area contributed by atoms with Gasteiger partial charge >= 0.3 is 0 Å². The Balaban J connectivity index is 1.23. The number of halogens is 4. The van der Waals surface area contributed by atoms with Crippen molar-refractivity contribution in [3.05, 3.63) is 78.3 Å². The van der Waals surface area contributed by atoms with E-state index >= 15 is 4.39 Å². The average molecular weight is 630 g/mol. The standard InChI is InChI=1S/C33H31F4N9/c1-45(2)10-8-39-23-13-20(12-22(34)14-23)29-30-26(5-7-40-29)41-32(42-30)31-27-25(43-44-31)4-3-24(28(27)35)21-11-19(15-38-16-21)17-46-9-6-33(36,37)18-46/h3-5,7,11-16,39H,6,8-10,17-18H2,1-2H3,(H,41,42)(H,43,44). The summed E-state index contributed by atoms with van der Waals surface area (Å²) in [7, 11) is 3.93. The molecule has 1 saturated heterocycles. The Morgan fingerprint density at radius 3 is 2.67 bits per heavy atom. The highest BCUT2D eigenvalue weighted by molar-refractivity contribution is 5.98. The van der Waals surface area contributed by atoms with Gasteiger partial charge in [-0.1, -0.05) is 0 Å². The molecule has 0 saturated carbocycles. The zero-order valence-corrected chi connectivity index (χ0v) is 25.2. The fourth-order valence-corrected chi connectivity index (χ4v) is 5.90. The molecule has 236 valence electrons. The van der Waals surface area contributed by atoms with E-state index in [1.807, 2.05) is 25.1 Å². The summed E-state index contributed by atoms with van der Waals surface area (Å²) in [5.74, 6) is -3.32. The van der Waals surface area contributed by atoms with Crippen LogP contribution in [0, 0.1) is 11.6 Å². The largest absolute Gasteiger partial charge is 0.384 e. The van der Waals surface area contributed by atoms with Crippen molar-refractivity contribution < 1.29 is 17.6 Å². The number of rotatable bonds is 9. The molecule has 0 radical (unpaired) electrons. The summed E-state index contributed by atoms with van der Waals surface area (Å²) in [5, 5.41) is 10.7. The lowest BCUT2D eigenvalue weighted by Crippen LogP contribution is -2.24. The van der Waals surface area contributed by atoms with Crippen molar-refractivity contribution in [2.24, 2.45) is 0 Å². The molecule has 0 bridgehead atoms. The van der Waals surface area contributed by atoms with Gasteiger partial charge in [-0.3, -0.25) is 20.0 Å². The van der Waals surface area contributed by atoms with Crippen LogP contribution in [0.2, 0.25) is 0 Å². The highest BCUT2D eigenvalue weighted by atomic mass is 19.3. The maximum absolute atomic E-state index is 16.3. The molecule has 7 rings (SSSR count). The zero-order valence-electron chi connectivity index (χ0n) is 25.2. The Bertz CT molecular complexity index is 2050. The van der Waals surface area contributed by atoms with Crippen LogP contribution in [0.4, 0.5) is 23.2 Å². The molecule has 2 aromatic carbocycles. The van der Waals surface area contributed by atoms with Crippen LogP contribution in [0.5, 0.6) is 0 Å². The van der Waals surface area contributed by atoms with Gasteiger partial charge in [0.15, 0.2) is 5.82 Å². The van der Waals surface area contributed by atoms with Crippen LogP contribution in [0.25, 0.3) is 55.8 Å². The number of hydrogen-bond donors (Lipinski definition) is 3. The first-order valence-electron chi connectivity index (χ1n) is 14.9. The summed E-state index contributed by atoms with van der Waals surface area (Å²) < 4.78 is 58.4. The molecule has 6 aromatic rings. The lowest BCUT2D eigenvalue weighted by Gasteiger charge is -2.16. The van der Waals surface area contributed by atoms with Gasteiger partial charge in [-0.05, 0) is 62.1 Å². The molecule has 0 unspecified atom stereocenters. The maximum atomic E-state index is 16.3. The molecular weight excluding hydrogens is 598 g/mol. The fraction of sp³-hybridized carbons (Fsp3) is 0.273. The van der Waals surface area contributed by atoms with Crippen LogP contribution < -0.4 is 5.32 Å². The predicted molar refractivity (Wildman–Crippen MR) is 169 cm³/mol. The van der Waals surface area contributed by atoms with Crippen LogP contribution in [0.1, 0.15) is 12.0 Å². The molecule has 0 aliphatic carbocycles. The average Bonchev–Trinajstić information content (AvgIpc) is 3.73. The maximum Gasteiger partial charge on any atom is 0.261 e. The number of pyridine rings is 2. The first-order valence-corrected chi connectivity index (χ1v) is 14.9. The van der Waals surface area contributed by atoms with E-state index in [0.29, 0.717) is 75.6 Å². The third kappa shape index (κ3) is 5.90. The minimum absolute atomic E-state index is 0.175. The summed E-state index contributed by atoms with van der Waals surface area (Å²) in [5.41, 5.74) is 5.02. The van der Waals surface area contributed by atoms with Gasteiger partial charge in [-0.15, -0.1) is 0 Å². The van der Waals surface area contributed by atoms with Crippen molar-refractivity contribution in [3.63, 3.8) is 0 Å². The molecule has 1 aliphatic heterocycles. The number of likely N-dealkylation sites (tertiary alicyclic amines) is 1. The van der Waals surface area contributed by atoms with Crippen molar-refractivity contribution in [2.45, 2.75) is 18.9 Å². The molecule has 3 N–H and O–H groups in total. The van der Waals surface area contributed by atoms with E-state index in [-0.39, 0.29) is 24.0 Å². The van der Waals surface area contributed by atoms with E-state index in [4.69, 9.17) is 4.98 Å². The molecule has 1 aliphatic rings. The van der Waals surface area contributed by atoms with Crippen LogP contribution in [-0.2, 0) is 6.54 Å². The number of hydrogen-bond acceptors (Lipinski definition) is 7. The lowest BCUT2D eigenvalue weighted by molar-refractivity contribution is 0.0115. The van der Waals surface area contributed by atoms with Gasteiger partial charge < -0.3 is 15.2 Å². The van der Waals surface area contributed by atoms with Gasteiger partial charge in [0.25, 0.3) is 5.92 Å². The normalized spacial score (nSPS) is 15.0. The van der Waals surface area contributed by atoms with Gasteiger partial charge in [0.05, 0.1) is 28.7 Å². The highest BCUT2D eigenvalue weighted by Crippen LogP contribution is 2.36. The molecule has 4 aromatic heterocycles. The van der Waals surface area contributed by atoms with Gasteiger partial charge in [-0.25, -0.2) is 22.5 Å². The second kappa shape index (κ2) is 11.8. The number of alkyl halides is 2. The van der Waals surface area contributed by atoms with Crippen LogP contribution in [0.3, 0.4) is 0 Å². The third-order valence-corrected chi connectivity index (χ3v) is 8.11. The van der Waals surface area contributed by atoms with Crippen molar-refractivity contribution in [2.75, 3.05) is 45.6 Å². The molecular formula is C33H31F4N9. The molecule has 0 amide bonds. The molecule has 1 fully saturated rings.